The molecule has 0 saturated carbocycles. The summed E-state index contributed by atoms with van der Waals surface area (Å²) in [6.45, 7) is 0. The molecule has 0 spiro atoms. The lowest BCUT2D eigenvalue weighted by atomic mass is 10.1. The Morgan fingerprint density at radius 2 is 2.00 bits per heavy atom. The van der Waals surface area contributed by atoms with E-state index in [1.807, 2.05) is 35.7 Å². The van der Waals surface area contributed by atoms with Crippen LogP contribution in [-0.4, -0.2) is 9.97 Å². The summed E-state index contributed by atoms with van der Waals surface area (Å²) in [5.74, 6) is 0. The number of halogens is 2. The van der Waals surface area contributed by atoms with Gasteiger partial charge in [-0.1, -0.05) is 12.1 Å². The highest BCUT2D eigenvalue weighted by Gasteiger charge is 2.11. The van der Waals surface area contributed by atoms with Gasteiger partial charge in [0.15, 0.2) is 0 Å². The molecule has 0 aliphatic carbocycles. The molecule has 0 fully saturated rings. The minimum Gasteiger partial charge on any atom is -0.399 e. The van der Waals surface area contributed by atoms with Gasteiger partial charge in [-0.2, -0.15) is 0 Å². The van der Waals surface area contributed by atoms with E-state index in [-0.39, 0.29) is 0 Å². The van der Waals surface area contributed by atoms with Gasteiger partial charge in [-0.3, -0.25) is 4.98 Å². The zero-order valence-corrected chi connectivity index (χ0v) is 14.2. The SMILES string of the molecule is Nc1cccc(-c2csc(-c3ncc(Br)cc3Br)n2)c1. The first kappa shape index (κ1) is 13.7. The molecule has 2 aromatic heterocycles. The first-order valence-corrected chi connectivity index (χ1v) is 8.23. The standard InChI is InChI=1S/C14H9Br2N3S/c15-9-5-11(16)13(18-6-9)14-19-12(7-20-14)8-2-1-3-10(17)4-8/h1-7H,17H2. The van der Waals surface area contributed by atoms with E-state index >= 15 is 0 Å². The Kier molecular flexibility index (Phi) is 3.87. The summed E-state index contributed by atoms with van der Waals surface area (Å²) in [5.41, 5.74) is 9.31. The third kappa shape index (κ3) is 2.77. The number of thiazole rings is 1. The van der Waals surface area contributed by atoms with Gasteiger partial charge in [0.1, 0.15) is 10.7 Å². The first-order chi connectivity index (χ1) is 9.63. The molecule has 0 bridgehead atoms. The topological polar surface area (TPSA) is 51.8 Å². The fraction of sp³-hybridized carbons (Fsp3) is 0. The molecule has 0 radical (unpaired) electrons. The lowest BCUT2D eigenvalue weighted by Crippen LogP contribution is -1.87. The monoisotopic (exact) mass is 409 g/mol. The molecule has 0 aliphatic rings. The molecule has 6 heteroatoms. The number of benzene rings is 1. The highest BCUT2D eigenvalue weighted by atomic mass is 79.9. The van der Waals surface area contributed by atoms with Gasteiger partial charge in [-0.25, -0.2) is 4.98 Å². The maximum Gasteiger partial charge on any atom is 0.143 e. The van der Waals surface area contributed by atoms with Crippen LogP contribution in [0.3, 0.4) is 0 Å². The van der Waals surface area contributed by atoms with Gasteiger partial charge in [0.25, 0.3) is 0 Å². The number of hydrogen-bond acceptors (Lipinski definition) is 4. The number of rotatable bonds is 2. The Labute approximate surface area is 137 Å². The van der Waals surface area contributed by atoms with Gasteiger partial charge in [0.2, 0.25) is 0 Å². The van der Waals surface area contributed by atoms with Crippen LogP contribution >= 0.6 is 43.2 Å². The molecule has 0 unspecified atom stereocenters. The average Bonchev–Trinajstić information content (AvgIpc) is 2.88. The predicted molar refractivity (Wildman–Crippen MR) is 90.6 cm³/mol. The summed E-state index contributed by atoms with van der Waals surface area (Å²) in [5, 5.41) is 2.89. The normalized spacial score (nSPS) is 10.7. The van der Waals surface area contributed by atoms with Gasteiger partial charge in [-0.15, -0.1) is 11.3 Å². The number of nitrogens with zero attached hydrogens (tertiary/aromatic N) is 2. The van der Waals surface area contributed by atoms with Crippen molar-refractivity contribution in [1.82, 2.24) is 9.97 Å². The largest absolute Gasteiger partial charge is 0.399 e. The maximum atomic E-state index is 5.81. The molecule has 0 aliphatic heterocycles. The highest BCUT2D eigenvalue weighted by Crippen LogP contribution is 2.33. The predicted octanol–water partition coefficient (Wildman–Crippen LogP) is 4.98. The van der Waals surface area contributed by atoms with Crippen LogP contribution in [0.1, 0.15) is 0 Å². The Morgan fingerprint density at radius 3 is 2.75 bits per heavy atom. The molecule has 3 nitrogen and oxygen atoms in total. The van der Waals surface area contributed by atoms with E-state index in [0.717, 1.165) is 36.6 Å². The Hall–Kier alpha value is -1.24. The van der Waals surface area contributed by atoms with Gasteiger partial charge < -0.3 is 5.73 Å². The molecular formula is C14H9Br2N3S. The third-order valence-electron chi connectivity index (χ3n) is 2.70. The molecular weight excluding hydrogens is 402 g/mol. The fourth-order valence-corrected chi connectivity index (χ4v) is 3.93. The molecule has 2 heterocycles. The number of nitrogen functional groups attached to an aromatic ring is 1. The summed E-state index contributed by atoms with van der Waals surface area (Å²) in [6, 6.07) is 9.67. The molecule has 3 rings (SSSR count). The average molecular weight is 411 g/mol. The Morgan fingerprint density at radius 1 is 1.15 bits per heavy atom. The number of nitrogens with two attached hydrogens (primary N) is 1. The number of anilines is 1. The van der Waals surface area contributed by atoms with E-state index in [4.69, 9.17) is 5.73 Å². The minimum absolute atomic E-state index is 0.736. The van der Waals surface area contributed by atoms with Crippen LogP contribution in [0.15, 0.2) is 50.9 Å². The highest BCUT2D eigenvalue weighted by molar-refractivity contribution is 9.11. The van der Waals surface area contributed by atoms with E-state index in [2.05, 4.69) is 41.8 Å². The quantitative estimate of drug-likeness (QED) is 0.606. The molecule has 3 aromatic rings. The van der Waals surface area contributed by atoms with Crippen LogP contribution < -0.4 is 5.73 Å². The second-order valence-corrected chi connectivity index (χ2v) is 6.78. The smallest absolute Gasteiger partial charge is 0.143 e. The van der Waals surface area contributed by atoms with E-state index in [0.29, 0.717) is 0 Å². The third-order valence-corrected chi connectivity index (χ3v) is 4.58. The van der Waals surface area contributed by atoms with Crippen LogP contribution in [0.2, 0.25) is 0 Å². The van der Waals surface area contributed by atoms with Crippen LogP contribution in [0.25, 0.3) is 22.0 Å². The maximum absolute atomic E-state index is 5.81. The van der Waals surface area contributed by atoms with Crippen LogP contribution in [-0.2, 0) is 0 Å². The number of aromatic nitrogens is 2. The zero-order chi connectivity index (χ0) is 14.1. The summed E-state index contributed by atoms with van der Waals surface area (Å²) < 4.78 is 1.85. The zero-order valence-electron chi connectivity index (χ0n) is 10.2. The first-order valence-electron chi connectivity index (χ1n) is 5.76. The van der Waals surface area contributed by atoms with Crippen molar-refractivity contribution in [2.24, 2.45) is 0 Å². The molecule has 0 atom stereocenters. The van der Waals surface area contributed by atoms with Gasteiger partial charge in [0.05, 0.1) is 5.69 Å². The van der Waals surface area contributed by atoms with Crippen molar-refractivity contribution < 1.29 is 0 Å². The van der Waals surface area contributed by atoms with Crippen molar-refractivity contribution in [1.29, 1.82) is 0 Å². The van der Waals surface area contributed by atoms with Crippen LogP contribution in [0.5, 0.6) is 0 Å². The molecule has 0 amide bonds. The van der Waals surface area contributed by atoms with Crippen molar-refractivity contribution in [2.45, 2.75) is 0 Å². The Balaban J connectivity index is 2.02. The van der Waals surface area contributed by atoms with E-state index in [1.54, 1.807) is 17.5 Å². The summed E-state index contributed by atoms with van der Waals surface area (Å²) in [4.78, 5) is 9.04. The molecule has 0 saturated heterocycles. The number of pyridine rings is 1. The van der Waals surface area contributed by atoms with Crippen LogP contribution in [0, 0.1) is 0 Å². The van der Waals surface area contributed by atoms with Crippen LogP contribution in [0.4, 0.5) is 5.69 Å². The summed E-state index contributed by atoms with van der Waals surface area (Å²) in [7, 11) is 0. The van der Waals surface area contributed by atoms with Gasteiger partial charge in [0, 0.05) is 31.8 Å². The van der Waals surface area contributed by atoms with E-state index < -0.39 is 0 Å². The van der Waals surface area contributed by atoms with Crippen molar-refractivity contribution in [3.8, 4) is 22.0 Å². The van der Waals surface area contributed by atoms with Crippen molar-refractivity contribution >= 4 is 48.9 Å². The molecule has 2 N–H and O–H groups in total. The van der Waals surface area contributed by atoms with E-state index in [9.17, 15) is 0 Å². The fourth-order valence-electron chi connectivity index (χ4n) is 1.79. The molecule has 1 aromatic carbocycles. The molecule has 20 heavy (non-hydrogen) atoms. The lowest BCUT2D eigenvalue weighted by molar-refractivity contribution is 1.26. The minimum atomic E-state index is 0.736. The van der Waals surface area contributed by atoms with Gasteiger partial charge in [-0.05, 0) is 50.1 Å². The van der Waals surface area contributed by atoms with E-state index in [1.165, 1.54) is 0 Å². The summed E-state index contributed by atoms with van der Waals surface area (Å²) >= 11 is 8.47. The number of hydrogen-bond donors (Lipinski definition) is 1. The lowest BCUT2D eigenvalue weighted by Gasteiger charge is -2.00. The van der Waals surface area contributed by atoms with Crippen molar-refractivity contribution in [3.63, 3.8) is 0 Å². The van der Waals surface area contributed by atoms with Gasteiger partial charge >= 0.3 is 0 Å². The summed E-state index contributed by atoms with van der Waals surface area (Å²) in [6.07, 6.45) is 1.77. The Bertz CT molecular complexity index is 771. The van der Waals surface area contributed by atoms with Crippen molar-refractivity contribution in [2.75, 3.05) is 5.73 Å². The second-order valence-electron chi connectivity index (χ2n) is 4.15. The second kappa shape index (κ2) is 5.63. The van der Waals surface area contributed by atoms with Crippen molar-refractivity contribution in [3.05, 3.63) is 50.9 Å². The molecule has 100 valence electrons.